The molecular formula is C25H26N2O5. The second-order valence-electron chi connectivity index (χ2n) is 9.10. The molecule has 0 radical (unpaired) electrons. The quantitative estimate of drug-likeness (QED) is 0.613. The number of carbonyl (C=O) groups is 2. The minimum atomic E-state index is -0.711. The zero-order valence-electron chi connectivity index (χ0n) is 18.6. The second kappa shape index (κ2) is 8.15. The zero-order valence-corrected chi connectivity index (χ0v) is 18.6. The maximum atomic E-state index is 13.2. The molecule has 0 unspecified atom stereocenters. The van der Waals surface area contributed by atoms with Crippen LogP contribution in [0.2, 0.25) is 0 Å². The molecule has 3 aromatic rings. The van der Waals surface area contributed by atoms with Crippen LogP contribution in [0.25, 0.3) is 11.0 Å². The summed E-state index contributed by atoms with van der Waals surface area (Å²) in [6.07, 6.45) is 0. The molecule has 2 amide bonds. The number of benzene rings is 2. The van der Waals surface area contributed by atoms with E-state index in [2.05, 4.69) is 5.32 Å². The van der Waals surface area contributed by atoms with Crippen LogP contribution >= 0.6 is 0 Å². The molecule has 0 saturated carbocycles. The summed E-state index contributed by atoms with van der Waals surface area (Å²) in [5.41, 5.74) is -0.0178. The fourth-order valence-corrected chi connectivity index (χ4v) is 3.69. The van der Waals surface area contributed by atoms with Gasteiger partial charge in [0.25, 0.3) is 5.91 Å². The van der Waals surface area contributed by atoms with Gasteiger partial charge in [-0.3, -0.25) is 9.59 Å². The van der Waals surface area contributed by atoms with Crippen molar-refractivity contribution in [3.63, 3.8) is 0 Å². The van der Waals surface area contributed by atoms with E-state index < -0.39 is 16.9 Å². The first-order valence-electron chi connectivity index (χ1n) is 10.6. The molecule has 32 heavy (non-hydrogen) atoms. The summed E-state index contributed by atoms with van der Waals surface area (Å²) in [7, 11) is 0. The van der Waals surface area contributed by atoms with E-state index >= 15 is 0 Å². The number of anilines is 2. The number of rotatable bonds is 4. The highest BCUT2D eigenvalue weighted by Crippen LogP contribution is 2.38. The fourth-order valence-electron chi connectivity index (χ4n) is 3.69. The van der Waals surface area contributed by atoms with E-state index in [4.69, 9.17) is 9.15 Å². The maximum Gasteiger partial charge on any atom is 0.349 e. The van der Waals surface area contributed by atoms with E-state index in [1.807, 2.05) is 27.7 Å². The van der Waals surface area contributed by atoms with Gasteiger partial charge in [-0.25, -0.2) is 4.79 Å². The number of ether oxygens (including phenoxy) is 1. The molecule has 0 atom stereocenters. The van der Waals surface area contributed by atoms with Crippen LogP contribution in [-0.2, 0) is 4.79 Å². The molecule has 1 aliphatic heterocycles. The summed E-state index contributed by atoms with van der Waals surface area (Å²) in [5, 5.41) is 3.41. The maximum absolute atomic E-state index is 13.2. The average molecular weight is 434 g/mol. The van der Waals surface area contributed by atoms with Crippen LogP contribution < -0.4 is 20.6 Å². The third kappa shape index (κ3) is 4.10. The Kier molecular flexibility index (Phi) is 5.50. The van der Waals surface area contributed by atoms with Gasteiger partial charge in [0, 0.05) is 17.6 Å². The molecule has 0 aliphatic carbocycles. The summed E-state index contributed by atoms with van der Waals surface area (Å²) >= 11 is 0. The molecule has 0 bridgehead atoms. The smallest absolute Gasteiger partial charge is 0.349 e. The lowest BCUT2D eigenvalue weighted by Gasteiger charge is -2.29. The highest BCUT2D eigenvalue weighted by atomic mass is 16.5. The Bertz CT molecular complexity index is 1260. The molecule has 0 saturated heterocycles. The Balaban J connectivity index is 1.68. The van der Waals surface area contributed by atoms with Crippen molar-refractivity contribution in [3.05, 3.63) is 64.5 Å². The number of carbonyl (C=O) groups excluding carboxylic acids is 2. The molecule has 2 aromatic carbocycles. The van der Waals surface area contributed by atoms with Gasteiger partial charge in [0.2, 0.25) is 5.91 Å². The van der Waals surface area contributed by atoms with Gasteiger partial charge >= 0.3 is 5.63 Å². The van der Waals surface area contributed by atoms with Gasteiger partial charge in [-0.15, -0.1) is 0 Å². The Morgan fingerprint density at radius 2 is 1.88 bits per heavy atom. The normalized spacial score (nSPS) is 15.3. The Hall–Kier alpha value is -3.61. The first-order chi connectivity index (χ1) is 15.2. The van der Waals surface area contributed by atoms with Crippen LogP contribution in [0.5, 0.6) is 5.75 Å². The van der Waals surface area contributed by atoms with Gasteiger partial charge in [0.15, 0.2) is 0 Å². The SMILES string of the molecule is CC(C)CN1C(=O)C(C)(C)COc2ccc(NC(=O)c3cc4ccccc4oc3=O)cc21. The first-order valence-corrected chi connectivity index (χ1v) is 10.6. The van der Waals surface area contributed by atoms with E-state index in [1.54, 1.807) is 47.4 Å². The largest absolute Gasteiger partial charge is 0.490 e. The van der Waals surface area contributed by atoms with Crippen molar-refractivity contribution >= 4 is 34.2 Å². The molecule has 166 valence electrons. The number of hydrogen-bond donors (Lipinski definition) is 1. The van der Waals surface area contributed by atoms with E-state index in [0.29, 0.717) is 34.6 Å². The Morgan fingerprint density at radius 1 is 1.12 bits per heavy atom. The minimum absolute atomic E-state index is 0.0383. The molecule has 1 N–H and O–H groups in total. The van der Waals surface area contributed by atoms with Crippen LogP contribution in [0.15, 0.2) is 57.7 Å². The van der Waals surface area contributed by atoms with Crippen LogP contribution in [0.3, 0.4) is 0 Å². The molecule has 1 aliphatic rings. The minimum Gasteiger partial charge on any atom is -0.490 e. The predicted octanol–water partition coefficient (Wildman–Crippen LogP) is 4.45. The average Bonchev–Trinajstić information content (AvgIpc) is 2.83. The van der Waals surface area contributed by atoms with Crippen LogP contribution in [-0.4, -0.2) is 25.0 Å². The van der Waals surface area contributed by atoms with Crippen molar-refractivity contribution in [1.29, 1.82) is 0 Å². The van der Waals surface area contributed by atoms with E-state index in [0.717, 1.165) is 0 Å². The van der Waals surface area contributed by atoms with Gasteiger partial charge in [0.1, 0.15) is 23.5 Å². The molecular weight excluding hydrogens is 408 g/mol. The molecule has 7 nitrogen and oxygen atoms in total. The van der Waals surface area contributed by atoms with Crippen molar-refractivity contribution in [2.24, 2.45) is 11.3 Å². The number of hydrogen-bond acceptors (Lipinski definition) is 5. The number of nitrogens with one attached hydrogen (secondary N) is 1. The highest BCUT2D eigenvalue weighted by molar-refractivity contribution is 6.06. The summed E-state index contributed by atoms with van der Waals surface area (Å²) in [4.78, 5) is 40.1. The van der Waals surface area contributed by atoms with Crippen LogP contribution in [0, 0.1) is 11.3 Å². The van der Waals surface area contributed by atoms with Crippen molar-refractivity contribution in [1.82, 2.24) is 0 Å². The van der Waals surface area contributed by atoms with Crippen LogP contribution in [0.4, 0.5) is 11.4 Å². The van der Waals surface area contributed by atoms with Gasteiger partial charge in [-0.1, -0.05) is 32.0 Å². The van der Waals surface area contributed by atoms with E-state index in [9.17, 15) is 14.4 Å². The predicted molar refractivity (Wildman–Crippen MR) is 123 cm³/mol. The molecule has 1 aromatic heterocycles. The highest BCUT2D eigenvalue weighted by Gasteiger charge is 2.38. The third-order valence-corrected chi connectivity index (χ3v) is 5.35. The van der Waals surface area contributed by atoms with Gasteiger partial charge < -0.3 is 19.4 Å². The number of fused-ring (bicyclic) bond motifs is 2. The lowest BCUT2D eigenvalue weighted by atomic mass is 9.92. The van der Waals surface area contributed by atoms with Gasteiger partial charge in [0.05, 0.1) is 11.1 Å². The van der Waals surface area contributed by atoms with E-state index in [1.165, 1.54) is 6.07 Å². The topological polar surface area (TPSA) is 88.8 Å². The van der Waals surface area contributed by atoms with Crippen LogP contribution in [0.1, 0.15) is 38.1 Å². The molecule has 0 fully saturated rings. The van der Waals surface area contributed by atoms with E-state index in [-0.39, 0.29) is 24.0 Å². The summed E-state index contributed by atoms with van der Waals surface area (Å²) < 4.78 is 11.2. The lowest BCUT2D eigenvalue weighted by molar-refractivity contribution is -0.127. The molecule has 2 heterocycles. The van der Waals surface area contributed by atoms with Crippen molar-refractivity contribution in [2.75, 3.05) is 23.4 Å². The monoisotopic (exact) mass is 434 g/mol. The zero-order chi connectivity index (χ0) is 23.0. The lowest BCUT2D eigenvalue weighted by Crippen LogP contribution is -2.43. The Morgan fingerprint density at radius 3 is 2.62 bits per heavy atom. The fraction of sp³-hybridized carbons (Fsp3) is 0.320. The summed E-state index contributed by atoms with van der Waals surface area (Å²) in [6, 6.07) is 13.6. The third-order valence-electron chi connectivity index (χ3n) is 5.35. The number of nitrogens with zero attached hydrogens (tertiary/aromatic N) is 1. The summed E-state index contributed by atoms with van der Waals surface area (Å²) in [6.45, 7) is 8.57. The summed E-state index contributed by atoms with van der Waals surface area (Å²) in [5.74, 6) is 0.193. The molecule has 4 rings (SSSR count). The molecule has 7 heteroatoms. The standard InChI is InChI=1S/C25H26N2O5/c1-15(2)13-27-19-12-17(9-10-21(19)31-14-25(3,4)24(27)30)26-22(28)18-11-16-7-5-6-8-20(16)32-23(18)29/h5-12,15H,13-14H2,1-4H3,(H,26,28). The van der Waals surface area contributed by atoms with Crippen molar-refractivity contribution in [3.8, 4) is 5.75 Å². The number of para-hydroxylation sites is 1. The first kappa shape index (κ1) is 21.6. The molecule has 0 spiro atoms. The van der Waals surface area contributed by atoms with Crippen molar-refractivity contribution < 1.29 is 18.7 Å². The second-order valence-corrected chi connectivity index (χ2v) is 9.10. The van der Waals surface area contributed by atoms with Gasteiger partial charge in [-0.2, -0.15) is 0 Å². The van der Waals surface area contributed by atoms with Crippen molar-refractivity contribution in [2.45, 2.75) is 27.7 Å². The number of amides is 2. The Labute approximate surface area is 186 Å². The van der Waals surface area contributed by atoms with Gasteiger partial charge in [-0.05, 0) is 50.1 Å².